The Morgan fingerprint density at radius 3 is 2.41 bits per heavy atom. The van der Waals surface area contributed by atoms with Crippen molar-refractivity contribution in [3.05, 3.63) is 24.5 Å². The summed E-state index contributed by atoms with van der Waals surface area (Å²) >= 11 is 0. The molecule has 0 aliphatic carbocycles. The summed E-state index contributed by atoms with van der Waals surface area (Å²) in [6.45, 7) is 5.59. The first-order valence-corrected chi connectivity index (χ1v) is 11.4. The lowest BCUT2D eigenvalue weighted by Gasteiger charge is -2.39. The van der Waals surface area contributed by atoms with Gasteiger partial charge in [0.1, 0.15) is 4.90 Å². The van der Waals surface area contributed by atoms with Gasteiger partial charge in [0, 0.05) is 44.0 Å². The number of piperidine rings is 2. The average Bonchev–Trinajstić information content (AvgIpc) is 2.73. The van der Waals surface area contributed by atoms with Gasteiger partial charge in [0.05, 0.1) is 0 Å². The molecule has 166 valence electrons. The minimum Gasteiger partial charge on any atom is -0.339 e. The van der Waals surface area contributed by atoms with E-state index in [-0.39, 0.29) is 41.5 Å². The first-order valence-electron chi connectivity index (χ1n) is 9.95. The molecule has 1 amide bonds. The van der Waals surface area contributed by atoms with E-state index in [4.69, 9.17) is 0 Å². The monoisotopic (exact) mass is 466 g/mol. The molecule has 2 saturated heterocycles. The second kappa shape index (κ2) is 12.1. The van der Waals surface area contributed by atoms with Crippen molar-refractivity contribution in [2.75, 3.05) is 32.7 Å². The van der Waals surface area contributed by atoms with E-state index in [0.29, 0.717) is 32.0 Å². The van der Waals surface area contributed by atoms with Crippen molar-refractivity contribution >= 4 is 40.7 Å². The highest BCUT2D eigenvalue weighted by Crippen LogP contribution is 2.26. The number of nitrogens with one attached hydrogen (secondary N) is 1. The molecular weight excluding hydrogens is 435 g/mol. The highest BCUT2D eigenvalue weighted by Gasteiger charge is 2.35. The molecule has 2 fully saturated rings. The number of amides is 1. The van der Waals surface area contributed by atoms with E-state index in [9.17, 15) is 13.2 Å². The maximum Gasteiger partial charge on any atom is 0.244 e. The third-order valence-corrected chi connectivity index (χ3v) is 7.45. The number of rotatable bonds is 6. The number of carbonyl (C=O) groups excluding carboxylic acids is 1. The average molecular weight is 467 g/mol. The molecule has 0 atom stereocenters. The van der Waals surface area contributed by atoms with E-state index in [1.54, 1.807) is 18.3 Å². The summed E-state index contributed by atoms with van der Waals surface area (Å²) in [5.41, 5.74) is 0. The Labute approximate surface area is 186 Å². The Balaban J connectivity index is 0.00000210. The van der Waals surface area contributed by atoms with E-state index in [1.165, 1.54) is 10.5 Å². The maximum absolute atomic E-state index is 13.1. The predicted molar refractivity (Wildman–Crippen MR) is 118 cm³/mol. The van der Waals surface area contributed by atoms with Gasteiger partial charge >= 0.3 is 0 Å². The number of hydrogen-bond acceptors (Lipinski definition) is 5. The number of aromatic nitrogens is 1. The second-order valence-corrected chi connectivity index (χ2v) is 9.32. The summed E-state index contributed by atoms with van der Waals surface area (Å²) in [6.07, 6.45) is 7.07. The minimum absolute atomic E-state index is 0. The zero-order valence-electron chi connectivity index (χ0n) is 16.8. The van der Waals surface area contributed by atoms with E-state index in [2.05, 4.69) is 22.1 Å². The van der Waals surface area contributed by atoms with Crippen molar-refractivity contribution in [2.45, 2.75) is 50.0 Å². The van der Waals surface area contributed by atoms with Crippen molar-refractivity contribution in [3.63, 3.8) is 0 Å². The lowest BCUT2D eigenvalue weighted by Crippen LogP contribution is -2.50. The van der Waals surface area contributed by atoms with Gasteiger partial charge in [0.2, 0.25) is 15.9 Å². The Kier molecular flexibility index (Phi) is 10.8. The molecule has 1 N–H and O–H groups in total. The van der Waals surface area contributed by atoms with Gasteiger partial charge in [-0.1, -0.05) is 6.92 Å². The van der Waals surface area contributed by atoms with Crippen LogP contribution in [0.5, 0.6) is 0 Å². The molecule has 2 aliphatic heterocycles. The van der Waals surface area contributed by atoms with Gasteiger partial charge in [0.25, 0.3) is 0 Å². The molecule has 0 bridgehead atoms. The van der Waals surface area contributed by atoms with Crippen LogP contribution < -0.4 is 5.32 Å². The fourth-order valence-corrected chi connectivity index (χ4v) is 5.49. The van der Waals surface area contributed by atoms with Crippen molar-refractivity contribution in [2.24, 2.45) is 5.92 Å². The van der Waals surface area contributed by atoms with Gasteiger partial charge in [-0.3, -0.25) is 9.78 Å². The van der Waals surface area contributed by atoms with Crippen LogP contribution in [0.25, 0.3) is 0 Å². The Morgan fingerprint density at radius 2 is 1.86 bits per heavy atom. The van der Waals surface area contributed by atoms with E-state index in [0.717, 1.165) is 38.9 Å². The predicted octanol–water partition coefficient (Wildman–Crippen LogP) is 2.32. The van der Waals surface area contributed by atoms with Gasteiger partial charge in [-0.25, -0.2) is 8.42 Å². The zero-order chi connectivity index (χ0) is 19.3. The highest BCUT2D eigenvalue weighted by molar-refractivity contribution is 7.89. The molecule has 7 nitrogen and oxygen atoms in total. The van der Waals surface area contributed by atoms with Crippen LogP contribution in [0.15, 0.2) is 29.4 Å². The van der Waals surface area contributed by atoms with Gasteiger partial charge in [-0.2, -0.15) is 4.31 Å². The second-order valence-electron chi connectivity index (χ2n) is 7.38. The number of halogens is 2. The Morgan fingerprint density at radius 1 is 1.21 bits per heavy atom. The van der Waals surface area contributed by atoms with Crippen LogP contribution in [0.2, 0.25) is 0 Å². The minimum atomic E-state index is -3.52. The molecular formula is C19H32Cl2N4O3S. The van der Waals surface area contributed by atoms with Gasteiger partial charge in [-0.15, -0.1) is 24.8 Å². The normalized spacial score (nSPS) is 19.1. The van der Waals surface area contributed by atoms with Crippen molar-refractivity contribution in [3.8, 4) is 0 Å². The summed E-state index contributed by atoms with van der Waals surface area (Å²) in [5.74, 6) is 0.133. The molecule has 3 rings (SSSR count). The number of nitrogens with zero attached hydrogens (tertiary/aromatic N) is 3. The lowest BCUT2D eigenvalue weighted by atomic mass is 9.94. The molecule has 0 aromatic carbocycles. The molecule has 0 radical (unpaired) electrons. The highest BCUT2D eigenvalue weighted by atomic mass is 35.5. The molecule has 3 heterocycles. The smallest absolute Gasteiger partial charge is 0.244 e. The van der Waals surface area contributed by atoms with Crippen LogP contribution in [-0.2, 0) is 14.8 Å². The lowest BCUT2D eigenvalue weighted by molar-refractivity contribution is -0.139. The first kappa shape index (κ1) is 26.1. The molecule has 0 unspecified atom stereocenters. The van der Waals surface area contributed by atoms with Crippen molar-refractivity contribution in [1.82, 2.24) is 19.5 Å². The van der Waals surface area contributed by atoms with Gasteiger partial charge in [0.15, 0.2) is 0 Å². The third-order valence-electron chi connectivity index (χ3n) is 5.57. The molecule has 2 aliphatic rings. The van der Waals surface area contributed by atoms with E-state index in [1.807, 2.05) is 0 Å². The van der Waals surface area contributed by atoms with Gasteiger partial charge in [-0.05, 0) is 57.3 Å². The number of sulfonamides is 1. The van der Waals surface area contributed by atoms with E-state index < -0.39 is 10.0 Å². The van der Waals surface area contributed by atoms with Crippen molar-refractivity contribution in [1.29, 1.82) is 0 Å². The zero-order valence-corrected chi connectivity index (χ0v) is 19.3. The maximum atomic E-state index is 13.1. The van der Waals surface area contributed by atoms with E-state index >= 15 is 0 Å². The first-order chi connectivity index (χ1) is 13.0. The molecule has 10 heteroatoms. The summed E-state index contributed by atoms with van der Waals surface area (Å²) in [6, 6.07) is 3.51. The van der Waals surface area contributed by atoms with Crippen LogP contribution in [-0.4, -0.2) is 67.3 Å². The van der Waals surface area contributed by atoms with Gasteiger partial charge < -0.3 is 10.2 Å². The summed E-state index contributed by atoms with van der Waals surface area (Å²) < 4.78 is 27.0. The number of hydrogen-bond donors (Lipinski definition) is 1. The summed E-state index contributed by atoms with van der Waals surface area (Å²) in [7, 11) is -3.52. The third kappa shape index (κ3) is 6.28. The van der Waals surface area contributed by atoms with Crippen molar-refractivity contribution < 1.29 is 13.2 Å². The Hall–Kier alpha value is -0.930. The fraction of sp³-hybridized carbons (Fsp3) is 0.684. The number of pyridine rings is 1. The summed E-state index contributed by atoms with van der Waals surface area (Å²) in [4.78, 5) is 19.3. The molecule has 0 spiro atoms. The van der Waals surface area contributed by atoms with Crippen LogP contribution in [0.1, 0.15) is 39.0 Å². The molecule has 29 heavy (non-hydrogen) atoms. The largest absolute Gasteiger partial charge is 0.339 e. The quantitative estimate of drug-likeness (QED) is 0.695. The van der Waals surface area contributed by atoms with Crippen LogP contribution in [0, 0.1) is 5.92 Å². The standard InChI is InChI=1S/C19H30N4O3S.2ClH/c1-2-12-23(17-5-10-20-11-6-17)19(24)16-7-13-22(14-8-16)27(25,26)18-4-3-9-21-15-18;;/h3-4,9,15-17,20H,2,5-8,10-14H2,1H3;2*1H. The SMILES string of the molecule is CCCN(C(=O)C1CCN(S(=O)(=O)c2cccnc2)CC1)C1CCNCC1.Cl.Cl. The molecule has 0 saturated carbocycles. The van der Waals surface area contributed by atoms with Crippen LogP contribution in [0.3, 0.4) is 0 Å². The van der Waals surface area contributed by atoms with Crippen LogP contribution >= 0.6 is 24.8 Å². The molecule has 1 aromatic heterocycles. The van der Waals surface area contributed by atoms with Crippen LogP contribution in [0.4, 0.5) is 0 Å². The summed E-state index contributed by atoms with van der Waals surface area (Å²) in [5, 5.41) is 3.35. The number of carbonyl (C=O) groups is 1. The fourth-order valence-electron chi connectivity index (χ4n) is 4.06. The Bertz CT molecular complexity index is 722. The topological polar surface area (TPSA) is 82.6 Å². The molecule has 1 aromatic rings.